The minimum atomic E-state index is -3.62. The highest BCUT2D eigenvalue weighted by Gasteiger charge is 2.36. The van der Waals surface area contributed by atoms with E-state index in [2.05, 4.69) is 4.72 Å². The molecule has 1 aliphatic carbocycles. The van der Waals surface area contributed by atoms with E-state index in [1.165, 1.54) is 0 Å². The van der Waals surface area contributed by atoms with Gasteiger partial charge in [0, 0.05) is 12.1 Å². The Balaban J connectivity index is 2.04. The minimum absolute atomic E-state index is 0.0164. The number of benzene rings is 1. The van der Waals surface area contributed by atoms with Gasteiger partial charge in [0.1, 0.15) is 5.75 Å². The summed E-state index contributed by atoms with van der Waals surface area (Å²) in [6, 6.07) is 3.15. The van der Waals surface area contributed by atoms with E-state index in [9.17, 15) is 13.2 Å². The summed E-state index contributed by atoms with van der Waals surface area (Å²) >= 11 is 0. The molecule has 0 atom stereocenters. The van der Waals surface area contributed by atoms with Gasteiger partial charge in [-0.05, 0) is 56.5 Å². The first-order chi connectivity index (χ1) is 11.7. The number of sulfonamides is 1. The summed E-state index contributed by atoms with van der Waals surface area (Å²) in [6.45, 7) is 6.12. The molecule has 0 heterocycles. The van der Waals surface area contributed by atoms with Crippen LogP contribution >= 0.6 is 0 Å². The summed E-state index contributed by atoms with van der Waals surface area (Å²) in [4.78, 5) is 13.0. The summed E-state index contributed by atoms with van der Waals surface area (Å²) in [5.74, 6) is -0.206. The van der Waals surface area contributed by atoms with E-state index in [1.807, 2.05) is 18.7 Å². The zero-order valence-corrected chi connectivity index (χ0v) is 15.9. The highest BCUT2D eigenvalue weighted by atomic mass is 32.2. The molecular weight excluding hydrogens is 344 g/mol. The first-order valence-corrected chi connectivity index (χ1v) is 9.80. The molecule has 1 aliphatic rings. The van der Waals surface area contributed by atoms with Gasteiger partial charge in [0.05, 0.1) is 18.6 Å². The quantitative estimate of drug-likeness (QED) is 0.720. The van der Waals surface area contributed by atoms with Crippen molar-refractivity contribution in [1.82, 2.24) is 9.62 Å². The number of carboxylic acid groups (broad SMARTS) is 1. The first kappa shape index (κ1) is 19.7. The van der Waals surface area contributed by atoms with Gasteiger partial charge >= 0.3 is 5.97 Å². The maximum atomic E-state index is 12.7. The lowest BCUT2D eigenvalue weighted by molar-refractivity contribution is -0.139. The lowest BCUT2D eigenvalue weighted by Crippen LogP contribution is -2.54. The minimum Gasteiger partial charge on any atom is -0.496 e. The third-order valence-corrected chi connectivity index (χ3v) is 6.56. The second-order valence-electron chi connectivity index (χ2n) is 6.42. The Kier molecular flexibility index (Phi) is 6.08. The van der Waals surface area contributed by atoms with Crippen LogP contribution in [0.1, 0.15) is 30.9 Å². The third kappa shape index (κ3) is 4.31. The van der Waals surface area contributed by atoms with Gasteiger partial charge in [-0.1, -0.05) is 6.92 Å². The lowest BCUT2D eigenvalue weighted by atomic mass is 9.86. The van der Waals surface area contributed by atoms with Crippen molar-refractivity contribution in [1.29, 1.82) is 0 Å². The number of carbonyl (C=O) groups is 1. The van der Waals surface area contributed by atoms with Crippen LogP contribution in [0.15, 0.2) is 17.0 Å². The van der Waals surface area contributed by atoms with Crippen LogP contribution in [0, 0.1) is 13.8 Å². The number of hydrogen-bond acceptors (Lipinski definition) is 5. The zero-order chi connectivity index (χ0) is 18.8. The van der Waals surface area contributed by atoms with Crippen molar-refractivity contribution >= 4 is 16.0 Å². The fourth-order valence-electron chi connectivity index (χ4n) is 3.22. The number of nitrogens with zero attached hydrogens (tertiary/aromatic N) is 1. The van der Waals surface area contributed by atoms with E-state index >= 15 is 0 Å². The van der Waals surface area contributed by atoms with Crippen LogP contribution in [0.2, 0.25) is 0 Å². The Morgan fingerprint density at radius 2 is 1.96 bits per heavy atom. The van der Waals surface area contributed by atoms with Gasteiger partial charge in [0.25, 0.3) is 0 Å². The SMILES string of the molecule is CCN(CC(=O)O)C1CC(NS(=O)(=O)c2ccc(OC)c(C)c2C)C1. The molecule has 7 nitrogen and oxygen atoms in total. The molecule has 0 aromatic heterocycles. The van der Waals surface area contributed by atoms with Crippen LogP contribution in [0.3, 0.4) is 0 Å². The number of aliphatic carboxylic acids is 1. The van der Waals surface area contributed by atoms with Crippen molar-refractivity contribution in [2.24, 2.45) is 0 Å². The molecule has 1 aromatic rings. The van der Waals surface area contributed by atoms with E-state index in [-0.39, 0.29) is 23.5 Å². The second kappa shape index (κ2) is 7.72. The second-order valence-corrected chi connectivity index (χ2v) is 8.10. The van der Waals surface area contributed by atoms with Gasteiger partial charge in [0.2, 0.25) is 10.0 Å². The molecule has 1 fully saturated rings. The predicted molar refractivity (Wildman–Crippen MR) is 94.5 cm³/mol. The fraction of sp³-hybridized carbons (Fsp3) is 0.588. The maximum absolute atomic E-state index is 12.7. The van der Waals surface area contributed by atoms with E-state index < -0.39 is 16.0 Å². The predicted octanol–water partition coefficient (Wildman–Crippen LogP) is 1.53. The first-order valence-electron chi connectivity index (χ1n) is 8.32. The average Bonchev–Trinajstić information content (AvgIpc) is 2.50. The van der Waals surface area contributed by atoms with Gasteiger partial charge in [-0.25, -0.2) is 13.1 Å². The van der Waals surface area contributed by atoms with Crippen LogP contribution in [-0.4, -0.2) is 56.7 Å². The Hall–Kier alpha value is -1.64. The van der Waals surface area contributed by atoms with E-state index in [0.29, 0.717) is 30.7 Å². The summed E-state index contributed by atoms with van der Waals surface area (Å²) in [7, 11) is -2.06. The molecule has 2 N–H and O–H groups in total. The number of ether oxygens (including phenoxy) is 1. The smallest absolute Gasteiger partial charge is 0.317 e. The molecule has 0 unspecified atom stereocenters. The number of carboxylic acids is 1. The highest BCUT2D eigenvalue weighted by Crippen LogP contribution is 2.30. The summed E-state index contributed by atoms with van der Waals surface area (Å²) in [5.41, 5.74) is 1.47. The van der Waals surface area contributed by atoms with Gasteiger partial charge in [-0.15, -0.1) is 0 Å². The maximum Gasteiger partial charge on any atom is 0.317 e. The van der Waals surface area contributed by atoms with Gasteiger partial charge < -0.3 is 9.84 Å². The Labute approximate surface area is 149 Å². The van der Waals surface area contributed by atoms with Crippen molar-refractivity contribution in [3.8, 4) is 5.75 Å². The van der Waals surface area contributed by atoms with Crippen LogP contribution in [0.4, 0.5) is 0 Å². The molecule has 0 amide bonds. The van der Waals surface area contributed by atoms with Crippen molar-refractivity contribution in [3.05, 3.63) is 23.3 Å². The van der Waals surface area contributed by atoms with E-state index in [4.69, 9.17) is 9.84 Å². The molecule has 25 heavy (non-hydrogen) atoms. The number of likely N-dealkylation sites (N-methyl/N-ethyl adjacent to an activating group) is 1. The largest absolute Gasteiger partial charge is 0.496 e. The van der Waals surface area contributed by atoms with Crippen LogP contribution in [0.25, 0.3) is 0 Å². The zero-order valence-electron chi connectivity index (χ0n) is 15.1. The van der Waals surface area contributed by atoms with Crippen LogP contribution < -0.4 is 9.46 Å². The Morgan fingerprint density at radius 3 is 2.48 bits per heavy atom. The van der Waals surface area contributed by atoms with Gasteiger partial charge in [-0.2, -0.15) is 0 Å². The normalized spacial score (nSPS) is 20.4. The lowest BCUT2D eigenvalue weighted by Gasteiger charge is -2.42. The number of nitrogens with one attached hydrogen (secondary N) is 1. The topological polar surface area (TPSA) is 95.9 Å². The van der Waals surface area contributed by atoms with E-state index in [1.54, 1.807) is 26.2 Å². The third-order valence-electron chi connectivity index (χ3n) is 4.89. The number of methoxy groups -OCH3 is 1. The summed E-state index contributed by atoms with van der Waals surface area (Å²) in [5, 5.41) is 8.92. The standard InChI is InChI=1S/C17H26N2O5S/c1-5-19(10-17(20)21)14-8-13(9-14)18-25(22,23)16-7-6-15(24-4)11(2)12(16)3/h6-7,13-14,18H,5,8-10H2,1-4H3,(H,20,21). The van der Waals surface area contributed by atoms with Crippen molar-refractivity contribution in [2.45, 2.75) is 50.6 Å². The fourth-order valence-corrected chi connectivity index (χ4v) is 4.78. The van der Waals surface area contributed by atoms with Crippen molar-refractivity contribution < 1.29 is 23.1 Å². The molecule has 0 aliphatic heterocycles. The molecular formula is C17H26N2O5S. The van der Waals surface area contributed by atoms with Crippen LogP contribution in [0.5, 0.6) is 5.75 Å². The highest BCUT2D eigenvalue weighted by molar-refractivity contribution is 7.89. The molecule has 1 aromatic carbocycles. The molecule has 0 saturated heterocycles. The summed E-state index contributed by atoms with van der Waals surface area (Å²) in [6.07, 6.45) is 1.24. The molecule has 1 saturated carbocycles. The molecule has 0 bridgehead atoms. The molecule has 8 heteroatoms. The Bertz CT molecular complexity index is 742. The molecule has 0 spiro atoms. The van der Waals surface area contributed by atoms with Crippen molar-refractivity contribution in [2.75, 3.05) is 20.2 Å². The van der Waals surface area contributed by atoms with Gasteiger partial charge in [0.15, 0.2) is 0 Å². The van der Waals surface area contributed by atoms with E-state index in [0.717, 1.165) is 5.56 Å². The molecule has 2 rings (SSSR count). The average molecular weight is 370 g/mol. The summed E-state index contributed by atoms with van der Waals surface area (Å²) < 4.78 is 33.3. The molecule has 140 valence electrons. The van der Waals surface area contributed by atoms with Crippen molar-refractivity contribution in [3.63, 3.8) is 0 Å². The number of rotatable bonds is 8. The molecule has 0 radical (unpaired) electrons. The Morgan fingerprint density at radius 1 is 1.32 bits per heavy atom. The number of hydrogen-bond donors (Lipinski definition) is 2. The van der Waals surface area contributed by atoms with Crippen LogP contribution in [-0.2, 0) is 14.8 Å². The van der Waals surface area contributed by atoms with Gasteiger partial charge in [-0.3, -0.25) is 9.69 Å². The monoisotopic (exact) mass is 370 g/mol.